The molecule has 0 saturated carbocycles. The first-order chi connectivity index (χ1) is 16.7. The van der Waals surface area contributed by atoms with E-state index in [0.29, 0.717) is 17.0 Å². The largest absolute Gasteiger partial charge is 0.346 e. The number of nitrogens with one attached hydrogen (secondary N) is 2. The van der Waals surface area contributed by atoms with Gasteiger partial charge >= 0.3 is 0 Å². The third kappa shape index (κ3) is 4.39. The maximum atomic E-state index is 13.3. The molecule has 166 valence electrons. The minimum absolute atomic E-state index is 0.0182. The number of pyridine rings is 1. The van der Waals surface area contributed by atoms with Crippen molar-refractivity contribution in [2.75, 3.05) is 0 Å². The number of benzene rings is 2. The van der Waals surface area contributed by atoms with E-state index in [1.54, 1.807) is 12.4 Å². The van der Waals surface area contributed by atoms with Crippen molar-refractivity contribution < 1.29 is 4.79 Å². The molecule has 0 unspecified atom stereocenters. The van der Waals surface area contributed by atoms with Crippen LogP contribution in [0.2, 0.25) is 0 Å². The number of thiazole rings is 1. The van der Waals surface area contributed by atoms with Gasteiger partial charge in [-0.3, -0.25) is 14.6 Å². The van der Waals surface area contributed by atoms with Crippen molar-refractivity contribution in [3.63, 3.8) is 0 Å². The highest BCUT2D eigenvalue weighted by atomic mass is 32.1. The fourth-order valence-electron chi connectivity index (χ4n) is 3.63. The van der Waals surface area contributed by atoms with Gasteiger partial charge < -0.3 is 5.32 Å². The number of aromatic nitrogens is 4. The van der Waals surface area contributed by atoms with Crippen LogP contribution in [0.25, 0.3) is 33.0 Å². The Labute approximate surface area is 199 Å². The Kier molecular flexibility index (Phi) is 6.05. The fraction of sp³-hybridized carbons (Fsp3) is 0.0385. The predicted octanol–water partition coefficient (Wildman–Crippen LogP) is 4.55. The highest BCUT2D eigenvalue weighted by molar-refractivity contribution is 7.13. The van der Waals surface area contributed by atoms with Gasteiger partial charge in [0.15, 0.2) is 0 Å². The van der Waals surface area contributed by atoms with Crippen LogP contribution in [0.3, 0.4) is 0 Å². The molecule has 5 aromatic rings. The van der Waals surface area contributed by atoms with Crippen LogP contribution >= 0.6 is 11.3 Å². The summed E-state index contributed by atoms with van der Waals surface area (Å²) in [5.41, 5.74) is 3.69. The summed E-state index contributed by atoms with van der Waals surface area (Å²) in [5.74, 6) is -0.488. The molecular formula is C26H19N5O2S. The molecule has 5 rings (SSSR count). The van der Waals surface area contributed by atoms with Gasteiger partial charge in [0.05, 0.1) is 17.9 Å². The number of hydrogen-bond donors (Lipinski definition) is 2. The Morgan fingerprint density at radius 2 is 1.56 bits per heavy atom. The van der Waals surface area contributed by atoms with Crippen molar-refractivity contribution in [2.45, 2.75) is 6.54 Å². The van der Waals surface area contributed by atoms with E-state index in [0.717, 1.165) is 21.7 Å². The van der Waals surface area contributed by atoms with E-state index in [1.165, 1.54) is 11.3 Å². The van der Waals surface area contributed by atoms with Crippen LogP contribution in [0.4, 0.5) is 0 Å². The Morgan fingerprint density at radius 3 is 2.26 bits per heavy atom. The summed E-state index contributed by atoms with van der Waals surface area (Å²) in [6.07, 6.45) is 3.42. The molecule has 0 saturated heterocycles. The lowest BCUT2D eigenvalue weighted by atomic mass is 9.95. The predicted molar refractivity (Wildman–Crippen MR) is 132 cm³/mol. The molecular weight excluding hydrogens is 446 g/mol. The minimum Gasteiger partial charge on any atom is -0.346 e. The monoisotopic (exact) mass is 465 g/mol. The highest BCUT2D eigenvalue weighted by Crippen LogP contribution is 2.31. The number of aromatic amines is 1. The summed E-state index contributed by atoms with van der Waals surface area (Å²) in [6, 6.07) is 22.6. The van der Waals surface area contributed by atoms with E-state index in [2.05, 4.69) is 25.5 Å². The molecule has 8 heteroatoms. The number of carbonyl (C=O) groups excluding carboxylic acids is 1. The molecule has 0 bridgehead atoms. The molecule has 3 aromatic heterocycles. The first-order valence-electron chi connectivity index (χ1n) is 10.6. The van der Waals surface area contributed by atoms with Crippen LogP contribution in [0.1, 0.15) is 16.1 Å². The van der Waals surface area contributed by atoms with Crippen LogP contribution in [0.5, 0.6) is 0 Å². The van der Waals surface area contributed by atoms with Crippen molar-refractivity contribution >= 4 is 17.2 Å². The van der Waals surface area contributed by atoms with Crippen molar-refractivity contribution in [3.05, 3.63) is 112 Å². The van der Waals surface area contributed by atoms with E-state index >= 15 is 0 Å². The zero-order valence-corrected chi connectivity index (χ0v) is 18.8. The van der Waals surface area contributed by atoms with E-state index in [9.17, 15) is 9.59 Å². The van der Waals surface area contributed by atoms with Crippen LogP contribution in [-0.4, -0.2) is 26.1 Å². The molecule has 0 radical (unpaired) electrons. The summed E-state index contributed by atoms with van der Waals surface area (Å²) in [6.45, 7) is 0.192. The molecule has 3 heterocycles. The van der Waals surface area contributed by atoms with Crippen molar-refractivity contribution in [1.82, 2.24) is 25.5 Å². The van der Waals surface area contributed by atoms with Crippen molar-refractivity contribution in [2.24, 2.45) is 0 Å². The Morgan fingerprint density at radius 1 is 0.882 bits per heavy atom. The number of hydrogen-bond acceptors (Lipinski definition) is 6. The van der Waals surface area contributed by atoms with Crippen LogP contribution in [0.15, 0.2) is 95.4 Å². The van der Waals surface area contributed by atoms with Gasteiger partial charge in [0.2, 0.25) is 0 Å². The molecule has 0 aliphatic heterocycles. The molecule has 2 aromatic carbocycles. The number of amides is 1. The van der Waals surface area contributed by atoms with Gasteiger partial charge in [-0.1, -0.05) is 60.7 Å². The van der Waals surface area contributed by atoms with Crippen LogP contribution < -0.4 is 10.9 Å². The molecule has 2 N–H and O–H groups in total. The lowest BCUT2D eigenvalue weighted by Crippen LogP contribution is -2.31. The fourth-order valence-corrected chi connectivity index (χ4v) is 4.46. The van der Waals surface area contributed by atoms with Gasteiger partial charge in [0.25, 0.3) is 11.5 Å². The van der Waals surface area contributed by atoms with E-state index in [-0.39, 0.29) is 12.1 Å². The number of nitrogens with zero attached hydrogens (tertiary/aromatic N) is 3. The second-order valence-corrected chi connectivity index (χ2v) is 8.30. The van der Waals surface area contributed by atoms with E-state index < -0.39 is 11.5 Å². The third-order valence-electron chi connectivity index (χ3n) is 5.23. The first-order valence-corrected chi connectivity index (χ1v) is 11.4. The van der Waals surface area contributed by atoms with Gasteiger partial charge in [0, 0.05) is 34.5 Å². The number of H-pyrrole nitrogens is 1. The normalized spacial score (nSPS) is 10.7. The molecule has 7 nitrogen and oxygen atoms in total. The molecule has 0 spiro atoms. The maximum Gasteiger partial charge on any atom is 0.277 e. The minimum atomic E-state index is -0.549. The van der Waals surface area contributed by atoms with Gasteiger partial charge in [-0.15, -0.1) is 11.3 Å². The SMILES string of the molecule is O=C(NCc1csc(-c2ccncc2)n1)c1c(-c2ccccc2)c(-c2ccccc2)n[nH]c1=O. The van der Waals surface area contributed by atoms with E-state index in [4.69, 9.17) is 0 Å². The topological polar surface area (TPSA) is 101 Å². The summed E-state index contributed by atoms with van der Waals surface area (Å²) < 4.78 is 0. The average Bonchev–Trinajstić information content (AvgIpc) is 3.38. The maximum absolute atomic E-state index is 13.3. The molecule has 0 fully saturated rings. The number of rotatable bonds is 6. The molecule has 34 heavy (non-hydrogen) atoms. The van der Waals surface area contributed by atoms with Gasteiger partial charge in [-0.2, -0.15) is 5.10 Å². The Hall–Kier alpha value is -4.43. The first kappa shape index (κ1) is 21.4. The third-order valence-corrected chi connectivity index (χ3v) is 6.17. The number of carbonyl (C=O) groups is 1. The molecule has 1 amide bonds. The summed E-state index contributed by atoms with van der Waals surface area (Å²) in [7, 11) is 0. The van der Waals surface area contributed by atoms with E-state index in [1.807, 2.05) is 78.2 Å². The summed E-state index contributed by atoms with van der Waals surface area (Å²) in [5, 5.41) is 12.4. The van der Waals surface area contributed by atoms with Gasteiger partial charge in [-0.25, -0.2) is 10.1 Å². The molecule has 0 aliphatic rings. The zero-order valence-electron chi connectivity index (χ0n) is 17.9. The van der Waals surface area contributed by atoms with Crippen molar-refractivity contribution in [1.29, 1.82) is 0 Å². The van der Waals surface area contributed by atoms with Crippen LogP contribution in [0, 0.1) is 0 Å². The molecule has 0 aliphatic carbocycles. The van der Waals surface area contributed by atoms with Crippen molar-refractivity contribution in [3.8, 4) is 33.0 Å². The highest BCUT2D eigenvalue weighted by Gasteiger charge is 2.23. The van der Waals surface area contributed by atoms with Crippen LogP contribution in [-0.2, 0) is 6.54 Å². The van der Waals surface area contributed by atoms with Gasteiger partial charge in [0.1, 0.15) is 10.6 Å². The summed E-state index contributed by atoms with van der Waals surface area (Å²) >= 11 is 1.48. The van der Waals surface area contributed by atoms with Gasteiger partial charge in [-0.05, 0) is 17.7 Å². The second-order valence-electron chi connectivity index (χ2n) is 7.45. The second kappa shape index (κ2) is 9.60. The zero-order chi connectivity index (χ0) is 23.3. The smallest absolute Gasteiger partial charge is 0.277 e. The molecule has 0 atom stereocenters. The average molecular weight is 466 g/mol. The lowest BCUT2D eigenvalue weighted by Gasteiger charge is -2.13. The Balaban J connectivity index is 1.49. The lowest BCUT2D eigenvalue weighted by molar-refractivity contribution is 0.0949. The quantitative estimate of drug-likeness (QED) is 0.383. The Bertz CT molecular complexity index is 1480. The standard InChI is InChI=1S/C26H19N5O2S/c32-24(28-15-20-16-34-26(29-20)19-11-13-27-14-12-19)22-21(17-7-3-1-4-8-17)23(30-31-25(22)33)18-9-5-2-6-10-18/h1-14,16H,15H2,(H,28,32)(H,31,33). The summed E-state index contributed by atoms with van der Waals surface area (Å²) in [4.78, 5) is 34.8.